The van der Waals surface area contributed by atoms with Gasteiger partial charge in [0, 0.05) is 18.1 Å². The van der Waals surface area contributed by atoms with Crippen molar-refractivity contribution in [3.05, 3.63) is 45.3 Å². The summed E-state index contributed by atoms with van der Waals surface area (Å²) < 4.78 is 0. The number of pyridine rings is 1. The highest BCUT2D eigenvalue weighted by Gasteiger charge is 2.13. The van der Waals surface area contributed by atoms with Crippen LogP contribution in [-0.2, 0) is 11.2 Å². The Bertz CT molecular complexity index is 723. The average molecular weight is 320 g/mol. The van der Waals surface area contributed by atoms with Crippen LogP contribution in [0.3, 0.4) is 0 Å². The molecule has 116 valence electrons. The van der Waals surface area contributed by atoms with E-state index in [1.54, 1.807) is 11.4 Å². The molecule has 0 saturated heterocycles. The lowest BCUT2D eigenvalue weighted by molar-refractivity contribution is -0.120. The van der Waals surface area contributed by atoms with E-state index in [1.807, 2.05) is 6.92 Å². The quantitative estimate of drug-likeness (QED) is 0.742. The molecule has 7 nitrogen and oxygen atoms in total. The van der Waals surface area contributed by atoms with E-state index in [4.69, 9.17) is 0 Å². The standard InChI is InChI=1S/C14H16N4O3S/c1-2-5-15-11(19)7-9-8-22-14(17-9)18-13(21)10-4-3-6-16-12(10)20/h3-4,6,8H,2,5,7H2,1H3,(H,15,19)(H,16,20)(H,17,18,21). The molecule has 2 amide bonds. The zero-order chi connectivity index (χ0) is 15.9. The smallest absolute Gasteiger partial charge is 0.263 e. The highest BCUT2D eigenvalue weighted by atomic mass is 32.1. The summed E-state index contributed by atoms with van der Waals surface area (Å²) in [7, 11) is 0. The molecule has 0 atom stereocenters. The predicted octanol–water partition coefficient (Wildman–Crippen LogP) is 1.15. The monoisotopic (exact) mass is 320 g/mol. The third-order valence-corrected chi connectivity index (χ3v) is 3.56. The molecule has 2 rings (SSSR count). The minimum absolute atomic E-state index is 0.0138. The van der Waals surface area contributed by atoms with Crippen molar-refractivity contribution in [3.8, 4) is 0 Å². The minimum atomic E-state index is -0.529. The van der Waals surface area contributed by atoms with Crippen molar-refractivity contribution >= 4 is 28.3 Å². The summed E-state index contributed by atoms with van der Waals surface area (Å²) in [5.74, 6) is -0.636. The van der Waals surface area contributed by atoms with Crippen molar-refractivity contribution < 1.29 is 9.59 Å². The lowest BCUT2D eigenvalue weighted by Gasteiger charge is -2.01. The van der Waals surface area contributed by atoms with Gasteiger partial charge in [-0.05, 0) is 18.6 Å². The van der Waals surface area contributed by atoms with Crippen LogP contribution in [0, 0.1) is 0 Å². The van der Waals surface area contributed by atoms with Gasteiger partial charge in [-0.25, -0.2) is 4.98 Å². The van der Waals surface area contributed by atoms with Crippen LogP contribution >= 0.6 is 11.3 Å². The summed E-state index contributed by atoms with van der Waals surface area (Å²) in [6.07, 6.45) is 2.49. The van der Waals surface area contributed by atoms with Gasteiger partial charge in [0.1, 0.15) is 5.56 Å². The number of H-pyrrole nitrogens is 1. The second kappa shape index (κ2) is 7.51. The van der Waals surface area contributed by atoms with Gasteiger partial charge in [-0.2, -0.15) is 0 Å². The predicted molar refractivity (Wildman–Crippen MR) is 84.1 cm³/mol. The number of anilines is 1. The Hall–Kier alpha value is -2.48. The topological polar surface area (TPSA) is 104 Å². The molecule has 0 fully saturated rings. The summed E-state index contributed by atoms with van der Waals surface area (Å²) in [5, 5.41) is 7.37. The molecule has 2 aromatic heterocycles. The number of rotatable bonds is 6. The van der Waals surface area contributed by atoms with Crippen LogP contribution in [0.15, 0.2) is 28.5 Å². The second-order valence-corrected chi connectivity index (χ2v) is 5.40. The lowest BCUT2D eigenvalue weighted by Crippen LogP contribution is -2.25. The molecule has 3 N–H and O–H groups in total. The van der Waals surface area contributed by atoms with Gasteiger partial charge in [0.15, 0.2) is 5.13 Å². The van der Waals surface area contributed by atoms with E-state index in [1.165, 1.54) is 23.6 Å². The van der Waals surface area contributed by atoms with E-state index in [9.17, 15) is 14.4 Å². The Morgan fingerprint density at radius 3 is 2.95 bits per heavy atom. The number of hydrogen-bond acceptors (Lipinski definition) is 5. The average Bonchev–Trinajstić information content (AvgIpc) is 2.92. The van der Waals surface area contributed by atoms with E-state index in [2.05, 4.69) is 20.6 Å². The molecule has 22 heavy (non-hydrogen) atoms. The van der Waals surface area contributed by atoms with E-state index >= 15 is 0 Å². The maximum Gasteiger partial charge on any atom is 0.263 e. The normalized spacial score (nSPS) is 10.2. The van der Waals surface area contributed by atoms with Crippen LogP contribution in [0.4, 0.5) is 5.13 Å². The first-order valence-electron chi connectivity index (χ1n) is 6.80. The SMILES string of the molecule is CCCNC(=O)Cc1csc(NC(=O)c2ccc[nH]c2=O)n1. The Morgan fingerprint density at radius 1 is 1.41 bits per heavy atom. The molecule has 2 heterocycles. The van der Waals surface area contributed by atoms with Crippen molar-refractivity contribution in [2.45, 2.75) is 19.8 Å². The van der Waals surface area contributed by atoms with Crippen LogP contribution in [0.5, 0.6) is 0 Å². The van der Waals surface area contributed by atoms with Gasteiger partial charge in [0.05, 0.1) is 12.1 Å². The fourth-order valence-corrected chi connectivity index (χ4v) is 2.41. The van der Waals surface area contributed by atoms with Crippen LogP contribution in [0.25, 0.3) is 0 Å². The number of aromatic amines is 1. The van der Waals surface area contributed by atoms with Crippen molar-refractivity contribution in [1.29, 1.82) is 0 Å². The molecule has 8 heteroatoms. The van der Waals surface area contributed by atoms with E-state index in [-0.39, 0.29) is 17.9 Å². The van der Waals surface area contributed by atoms with Gasteiger partial charge in [0.25, 0.3) is 11.5 Å². The zero-order valence-corrected chi connectivity index (χ0v) is 12.8. The molecule has 0 radical (unpaired) electrons. The fourth-order valence-electron chi connectivity index (χ4n) is 1.70. The highest BCUT2D eigenvalue weighted by molar-refractivity contribution is 7.14. The summed E-state index contributed by atoms with van der Waals surface area (Å²) in [6, 6.07) is 3.00. The Labute approximate surface area is 130 Å². The fraction of sp³-hybridized carbons (Fsp3) is 0.286. The van der Waals surface area contributed by atoms with Crippen molar-refractivity contribution in [3.63, 3.8) is 0 Å². The molecular formula is C14H16N4O3S. The number of carbonyl (C=O) groups excluding carboxylic acids is 2. The summed E-state index contributed by atoms with van der Waals surface area (Å²) >= 11 is 1.21. The molecule has 0 bridgehead atoms. The second-order valence-electron chi connectivity index (χ2n) is 4.54. The number of thiazole rings is 1. The molecule has 0 aliphatic heterocycles. The van der Waals surface area contributed by atoms with Gasteiger partial charge in [0.2, 0.25) is 5.91 Å². The number of aromatic nitrogens is 2. The third kappa shape index (κ3) is 4.26. The summed E-state index contributed by atoms with van der Waals surface area (Å²) in [4.78, 5) is 41.7. The van der Waals surface area contributed by atoms with Gasteiger partial charge in [-0.3, -0.25) is 19.7 Å². The number of carbonyl (C=O) groups is 2. The summed E-state index contributed by atoms with van der Waals surface area (Å²) in [5.41, 5.74) is 0.131. The van der Waals surface area contributed by atoms with Gasteiger partial charge in [-0.1, -0.05) is 6.92 Å². The van der Waals surface area contributed by atoms with Crippen LogP contribution < -0.4 is 16.2 Å². The number of nitrogens with one attached hydrogen (secondary N) is 3. The molecule has 0 unspecified atom stereocenters. The largest absolute Gasteiger partial charge is 0.356 e. The van der Waals surface area contributed by atoms with Gasteiger partial charge < -0.3 is 10.3 Å². The van der Waals surface area contributed by atoms with Crippen LogP contribution in [0.2, 0.25) is 0 Å². The van der Waals surface area contributed by atoms with Crippen molar-refractivity contribution in [1.82, 2.24) is 15.3 Å². The number of amides is 2. The van der Waals surface area contributed by atoms with Gasteiger partial charge in [-0.15, -0.1) is 11.3 Å². The molecule has 0 aliphatic rings. The van der Waals surface area contributed by atoms with E-state index in [0.717, 1.165) is 6.42 Å². The maximum absolute atomic E-state index is 12.0. The number of hydrogen-bond donors (Lipinski definition) is 3. The third-order valence-electron chi connectivity index (χ3n) is 2.75. The molecule has 0 saturated carbocycles. The number of nitrogens with zero attached hydrogens (tertiary/aromatic N) is 1. The van der Waals surface area contributed by atoms with Crippen LogP contribution in [0.1, 0.15) is 29.4 Å². The Kier molecular flexibility index (Phi) is 5.42. The summed E-state index contributed by atoms with van der Waals surface area (Å²) in [6.45, 7) is 2.60. The van der Waals surface area contributed by atoms with Crippen molar-refractivity contribution in [2.24, 2.45) is 0 Å². The molecule has 0 aliphatic carbocycles. The molecule has 2 aromatic rings. The lowest BCUT2D eigenvalue weighted by atomic mass is 10.2. The van der Waals surface area contributed by atoms with Gasteiger partial charge >= 0.3 is 0 Å². The van der Waals surface area contributed by atoms with Crippen LogP contribution in [-0.4, -0.2) is 28.3 Å². The zero-order valence-electron chi connectivity index (χ0n) is 12.0. The first-order chi connectivity index (χ1) is 10.6. The van der Waals surface area contributed by atoms with E-state index < -0.39 is 11.5 Å². The Morgan fingerprint density at radius 2 is 2.23 bits per heavy atom. The van der Waals surface area contributed by atoms with E-state index in [0.29, 0.717) is 17.4 Å². The molecule has 0 aromatic carbocycles. The molecule has 0 spiro atoms. The minimum Gasteiger partial charge on any atom is -0.356 e. The Balaban J connectivity index is 1.97. The maximum atomic E-state index is 12.0. The highest BCUT2D eigenvalue weighted by Crippen LogP contribution is 2.16. The van der Waals surface area contributed by atoms with Crippen molar-refractivity contribution in [2.75, 3.05) is 11.9 Å². The molecular weight excluding hydrogens is 304 g/mol. The first kappa shape index (κ1) is 15.9. The first-order valence-corrected chi connectivity index (χ1v) is 7.68.